The summed E-state index contributed by atoms with van der Waals surface area (Å²) >= 11 is 2.99. The third-order valence-corrected chi connectivity index (χ3v) is 12.9. The number of thiazole rings is 1. The number of nitrogens with zero attached hydrogens (tertiary/aromatic N) is 2. The predicted octanol–water partition coefficient (Wildman–Crippen LogP) is 4.61. The van der Waals surface area contributed by atoms with Crippen LogP contribution in [0.5, 0.6) is 0 Å². The molecule has 2 aliphatic carbocycles. The third-order valence-electron chi connectivity index (χ3n) is 10.3. The van der Waals surface area contributed by atoms with E-state index in [1.807, 2.05) is 4.90 Å². The Balaban J connectivity index is 1.23. The van der Waals surface area contributed by atoms with E-state index in [2.05, 4.69) is 50.0 Å². The first-order valence-electron chi connectivity index (χ1n) is 14.7. The first-order valence-corrected chi connectivity index (χ1v) is 16.4. The van der Waals surface area contributed by atoms with Crippen molar-refractivity contribution in [2.24, 2.45) is 29.6 Å². The minimum atomic E-state index is -0.753. The maximum absolute atomic E-state index is 14.0. The Morgan fingerprint density at radius 3 is 2.27 bits per heavy atom. The van der Waals surface area contributed by atoms with Gasteiger partial charge >= 0.3 is 4.87 Å². The number of hydrogen-bond donors (Lipinski definition) is 1. The molecule has 0 spiro atoms. The number of carbonyl (C=O) groups excluding carboxylic acids is 3. The molecule has 8 unspecified atom stereocenters. The standard InChI is InChI=1S/C31H37N3O4S2/c1-15(27(35)33-12-6-5-7-13-33)34-28(36)22-18-14-19(23(22)29(34)37)24-21(18)20(25-26(39-24)32-30(38)40-25)16-8-10-17(11-9-16)31(2,3)4/h8-11,15,18-24H,5-7,12-14H2,1-4H3,(H,32,38). The fourth-order valence-electron chi connectivity index (χ4n) is 8.47. The summed E-state index contributed by atoms with van der Waals surface area (Å²) in [5.41, 5.74) is 2.47. The fourth-order valence-corrected chi connectivity index (χ4v) is 11.4. The van der Waals surface area contributed by atoms with Crippen molar-refractivity contribution in [3.63, 3.8) is 0 Å². The maximum Gasteiger partial charge on any atom is 0.305 e. The Labute approximate surface area is 243 Å². The van der Waals surface area contributed by atoms with E-state index < -0.39 is 6.04 Å². The molecule has 1 N–H and O–H groups in total. The molecule has 5 aliphatic rings. The van der Waals surface area contributed by atoms with Crippen LogP contribution in [-0.2, 0) is 19.8 Å². The molecule has 40 heavy (non-hydrogen) atoms. The van der Waals surface area contributed by atoms with Crippen molar-refractivity contribution in [2.45, 2.75) is 81.0 Å². The number of aromatic nitrogens is 1. The first kappa shape index (κ1) is 26.5. The summed E-state index contributed by atoms with van der Waals surface area (Å²) in [4.78, 5) is 61.0. The lowest BCUT2D eigenvalue weighted by Gasteiger charge is -2.43. The second-order valence-electron chi connectivity index (χ2n) is 13.4. The highest BCUT2D eigenvalue weighted by Crippen LogP contribution is 2.68. The van der Waals surface area contributed by atoms with Crippen molar-refractivity contribution in [3.8, 4) is 0 Å². The number of piperidine rings is 1. The summed E-state index contributed by atoms with van der Waals surface area (Å²) in [6, 6.07) is 8.02. The van der Waals surface area contributed by atoms with Crippen LogP contribution in [0.25, 0.3) is 0 Å². The number of imide groups is 1. The van der Waals surface area contributed by atoms with Gasteiger partial charge in [0, 0.05) is 29.1 Å². The zero-order valence-corrected chi connectivity index (χ0v) is 25.1. The van der Waals surface area contributed by atoms with E-state index in [1.54, 1.807) is 18.7 Å². The van der Waals surface area contributed by atoms with Crippen LogP contribution in [-0.4, -0.2) is 56.9 Å². The summed E-state index contributed by atoms with van der Waals surface area (Å²) in [5, 5.41) is 1.08. The molecule has 2 aromatic rings. The molecule has 2 saturated heterocycles. The van der Waals surface area contributed by atoms with Crippen molar-refractivity contribution in [2.75, 3.05) is 13.1 Å². The number of amides is 3. The molecule has 4 heterocycles. The number of aromatic amines is 1. The molecule has 2 bridgehead atoms. The number of likely N-dealkylation sites (tertiary alicyclic amines) is 2. The van der Waals surface area contributed by atoms with E-state index in [0.717, 1.165) is 35.6 Å². The Hall–Kier alpha value is -2.39. The summed E-state index contributed by atoms with van der Waals surface area (Å²) in [7, 11) is 0. The largest absolute Gasteiger partial charge is 0.341 e. The van der Waals surface area contributed by atoms with Gasteiger partial charge < -0.3 is 9.88 Å². The molecule has 3 amide bonds. The molecule has 1 aromatic carbocycles. The third kappa shape index (κ3) is 3.82. The van der Waals surface area contributed by atoms with Gasteiger partial charge in [0.2, 0.25) is 17.7 Å². The van der Waals surface area contributed by atoms with Crippen LogP contribution >= 0.6 is 23.1 Å². The minimum absolute atomic E-state index is 0.0134. The van der Waals surface area contributed by atoms with Gasteiger partial charge in [0.25, 0.3) is 0 Å². The van der Waals surface area contributed by atoms with Gasteiger partial charge in [-0.1, -0.05) is 56.4 Å². The van der Waals surface area contributed by atoms with Crippen LogP contribution in [0.3, 0.4) is 0 Å². The van der Waals surface area contributed by atoms with E-state index in [-0.39, 0.29) is 68.8 Å². The number of hydrogen-bond acceptors (Lipinski definition) is 6. The van der Waals surface area contributed by atoms with E-state index in [9.17, 15) is 19.2 Å². The van der Waals surface area contributed by atoms with Crippen molar-refractivity contribution >= 4 is 40.8 Å². The molecular formula is C31H37N3O4S2. The molecule has 9 heteroatoms. The summed E-state index contributed by atoms with van der Waals surface area (Å²) in [5.74, 6) is -0.838. The molecule has 3 aliphatic heterocycles. The van der Waals surface area contributed by atoms with Crippen LogP contribution in [0.4, 0.5) is 0 Å². The number of nitrogens with one attached hydrogen (secondary N) is 1. The summed E-state index contributed by atoms with van der Waals surface area (Å²) < 4.78 is 0. The lowest BCUT2D eigenvalue weighted by atomic mass is 9.68. The first-order chi connectivity index (χ1) is 19.1. The van der Waals surface area contributed by atoms with Gasteiger partial charge in [0.1, 0.15) is 6.04 Å². The Morgan fingerprint density at radius 2 is 1.62 bits per heavy atom. The van der Waals surface area contributed by atoms with Gasteiger partial charge in [-0.05, 0) is 66.9 Å². The lowest BCUT2D eigenvalue weighted by Crippen LogP contribution is -2.51. The molecule has 0 radical (unpaired) electrons. The number of carbonyl (C=O) groups is 3. The average molecular weight is 580 g/mol. The quantitative estimate of drug-likeness (QED) is 0.537. The van der Waals surface area contributed by atoms with Gasteiger partial charge in [-0.2, -0.15) is 0 Å². The molecule has 1 aromatic heterocycles. The Bertz CT molecular complexity index is 1430. The van der Waals surface area contributed by atoms with Gasteiger partial charge in [-0.15, -0.1) is 11.8 Å². The minimum Gasteiger partial charge on any atom is -0.341 e. The van der Waals surface area contributed by atoms with E-state index >= 15 is 0 Å². The van der Waals surface area contributed by atoms with E-state index in [1.165, 1.54) is 27.4 Å². The topological polar surface area (TPSA) is 90.6 Å². The molecule has 8 atom stereocenters. The molecule has 212 valence electrons. The molecular weight excluding hydrogens is 542 g/mol. The zero-order chi connectivity index (χ0) is 28.1. The van der Waals surface area contributed by atoms with E-state index in [0.29, 0.717) is 13.1 Å². The van der Waals surface area contributed by atoms with Crippen LogP contribution < -0.4 is 4.87 Å². The number of fused-ring (bicyclic) bond motifs is 9. The predicted molar refractivity (Wildman–Crippen MR) is 155 cm³/mol. The smallest absolute Gasteiger partial charge is 0.305 e. The van der Waals surface area contributed by atoms with E-state index in [4.69, 9.17) is 0 Å². The lowest BCUT2D eigenvalue weighted by molar-refractivity contribution is -0.152. The Kier molecular flexibility index (Phi) is 6.17. The normalized spacial score (nSPS) is 33.6. The number of rotatable bonds is 3. The number of benzene rings is 1. The second kappa shape index (κ2) is 9.31. The van der Waals surface area contributed by atoms with Crippen LogP contribution in [0.15, 0.2) is 34.1 Å². The van der Waals surface area contributed by atoms with Crippen molar-refractivity contribution in [1.29, 1.82) is 0 Å². The highest BCUT2D eigenvalue weighted by Gasteiger charge is 2.70. The zero-order valence-electron chi connectivity index (χ0n) is 23.5. The van der Waals surface area contributed by atoms with Crippen molar-refractivity contribution < 1.29 is 14.4 Å². The van der Waals surface area contributed by atoms with Crippen molar-refractivity contribution in [3.05, 3.63) is 49.9 Å². The SMILES string of the molecule is CC(C(=O)N1CCCCC1)N1C(=O)C2C3CC(C2C1=O)C1C(c2ccc(C(C)(C)C)cc2)c2sc(=O)[nH]c2SC31. The summed E-state index contributed by atoms with van der Waals surface area (Å²) in [6.45, 7) is 9.75. The highest BCUT2D eigenvalue weighted by atomic mass is 32.2. The van der Waals surface area contributed by atoms with Crippen LogP contribution in [0, 0.1) is 29.6 Å². The van der Waals surface area contributed by atoms with Crippen molar-refractivity contribution in [1.82, 2.24) is 14.8 Å². The van der Waals surface area contributed by atoms with Gasteiger partial charge in [-0.3, -0.25) is 24.1 Å². The summed E-state index contributed by atoms with van der Waals surface area (Å²) in [6.07, 6.45) is 3.92. The average Bonchev–Trinajstić information content (AvgIpc) is 3.66. The molecule has 7 rings (SSSR count). The monoisotopic (exact) mass is 579 g/mol. The highest BCUT2D eigenvalue weighted by molar-refractivity contribution is 8.00. The van der Waals surface area contributed by atoms with Crippen LogP contribution in [0.1, 0.15) is 75.3 Å². The van der Waals surface area contributed by atoms with Gasteiger partial charge in [0.15, 0.2) is 0 Å². The molecule has 2 saturated carbocycles. The number of thioether (sulfide) groups is 1. The molecule has 7 nitrogen and oxygen atoms in total. The Morgan fingerprint density at radius 1 is 0.975 bits per heavy atom. The fraction of sp³-hybridized carbons (Fsp3) is 0.613. The van der Waals surface area contributed by atoms with Gasteiger partial charge in [-0.25, -0.2) is 0 Å². The van der Waals surface area contributed by atoms with Crippen LogP contribution in [0.2, 0.25) is 0 Å². The second-order valence-corrected chi connectivity index (χ2v) is 15.6. The maximum atomic E-state index is 14.0. The number of H-pyrrole nitrogens is 1. The molecule has 4 fully saturated rings. The van der Waals surface area contributed by atoms with Gasteiger partial charge in [0.05, 0.1) is 16.9 Å².